The van der Waals surface area contributed by atoms with Gasteiger partial charge in [0.25, 0.3) is 0 Å². The predicted molar refractivity (Wildman–Crippen MR) is 86.7 cm³/mol. The van der Waals surface area contributed by atoms with Gasteiger partial charge in [-0.05, 0) is 17.5 Å². The molecule has 3 aliphatic rings. The largest absolute Gasteiger partial charge is 0.353 e. The van der Waals surface area contributed by atoms with Gasteiger partial charge in [-0.1, -0.05) is 18.2 Å². The number of fused-ring (bicyclic) bond motifs is 4. The zero-order chi connectivity index (χ0) is 14.9. The van der Waals surface area contributed by atoms with E-state index in [0.29, 0.717) is 12.6 Å². The number of carbonyl (C=O) groups is 1. The summed E-state index contributed by atoms with van der Waals surface area (Å²) in [6.45, 7) is 6.89. The molecule has 1 N–H and O–H groups in total. The first-order valence-corrected chi connectivity index (χ1v) is 8.06. The average molecular weight is 298 g/mol. The molecule has 2 bridgehead atoms. The van der Waals surface area contributed by atoms with Gasteiger partial charge in [0.1, 0.15) is 6.54 Å². The first-order chi connectivity index (χ1) is 10.8. The summed E-state index contributed by atoms with van der Waals surface area (Å²) in [6, 6.07) is 10.7. The Morgan fingerprint density at radius 1 is 1.14 bits per heavy atom. The van der Waals surface area contributed by atoms with Crippen LogP contribution in [0.5, 0.6) is 0 Å². The van der Waals surface area contributed by atoms with Crippen LogP contribution in [0.4, 0.5) is 0 Å². The van der Waals surface area contributed by atoms with E-state index in [1.54, 1.807) is 0 Å². The molecule has 3 saturated heterocycles. The Morgan fingerprint density at radius 2 is 1.95 bits per heavy atom. The fraction of sp³-hybridized carbons (Fsp3) is 0.471. The zero-order valence-corrected chi connectivity index (χ0v) is 12.7. The second-order valence-electron chi connectivity index (χ2n) is 6.30. The molecular weight excluding hydrogens is 276 g/mol. The average Bonchev–Trinajstić information content (AvgIpc) is 2.97. The van der Waals surface area contributed by atoms with Crippen LogP contribution in [0.2, 0.25) is 0 Å². The monoisotopic (exact) mass is 298 g/mol. The number of benzene rings is 1. The molecule has 1 atom stereocenters. The smallest absolute Gasteiger partial charge is 0.239 e. The maximum atomic E-state index is 12.2. The van der Waals surface area contributed by atoms with Crippen molar-refractivity contribution in [2.75, 3.05) is 39.3 Å². The van der Waals surface area contributed by atoms with Crippen molar-refractivity contribution < 1.29 is 4.79 Å². The molecule has 1 amide bonds. The first kappa shape index (κ1) is 13.8. The van der Waals surface area contributed by atoms with Crippen LogP contribution in [-0.4, -0.2) is 65.6 Å². The van der Waals surface area contributed by atoms with Gasteiger partial charge >= 0.3 is 0 Å². The molecule has 0 radical (unpaired) electrons. The van der Waals surface area contributed by atoms with E-state index < -0.39 is 0 Å². The minimum atomic E-state index is 0.0963. The molecule has 0 aliphatic carbocycles. The van der Waals surface area contributed by atoms with E-state index >= 15 is 0 Å². The molecule has 1 aromatic heterocycles. The second-order valence-corrected chi connectivity index (χ2v) is 6.30. The van der Waals surface area contributed by atoms with Crippen molar-refractivity contribution in [3.8, 4) is 0 Å². The van der Waals surface area contributed by atoms with Gasteiger partial charge in [0.15, 0.2) is 0 Å². The van der Waals surface area contributed by atoms with Crippen LogP contribution in [0.15, 0.2) is 36.5 Å². The summed E-state index contributed by atoms with van der Waals surface area (Å²) in [5.41, 5.74) is 1.12. The third-order valence-corrected chi connectivity index (χ3v) is 4.92. The molecule has 5 heteroatoms. The normalized spacial score (nSPS) is 27.2. The third kappa shape index (κ3) is 2.62. The maximum absolute atomic E-state index is 12.2. The van der Waals surface area contributed by atoms with Crippen molar-refractivity contribution in [1.82, 2.24) is 19.7 Å². The fourth-order valence-corrected chi connectivity index (χ4v) is 3.64. The van der Waals surface area contributed by atoms with E-state index in [2.05, 4.69) is 33.3 Å². The summed E-state index contributed by atoms with van der Waals surface area (Å²) in [6.07, 6.45) is 1.99. The van der Waals surface area contributed by atoms with Gasteiger partial charge in [-0.2, -0.15) is 0 Å². The minimum absolute atomic E-state index is 0.0963. The van der Waals surface area contributed by atoms with Gasteiger partial charge in [-0.25, -0.2) is 0 Å². The van der Waals surface area contributed by atoms with E-state index in [1.165, 1.54) is 18.5 Å². The number of hydrogen-bond donors (Lipinski definition) is 1. The van der Waals surface area contributed by atoms with E-state index in [1.807, 2.05) is 22.9 Å². The van der Waals surface area contributed by atoms with E-state index in [0.717, 1.165) is 31.7 Å². The molecule has 4 heterocycles. The van der Waals surface area contributed by atoms with Gasteiger partial charge in [-0.15, -0.1) is 0 Å². The molecular formula is C17H22N4O. The minimum Gasteiger partial charge on any atom is -0.353 e. The molecule has 22 heavy (non-hydrogen) atoms. The van der Waals surface area contributed by atoms with Crippen LogP contribution in [-0.2, 0) is 11.3 Å². The number of piperazine rings is 3. The fourth-order valence-electron chi connectivity index (χ4n) is 3.64. The maximum Gasteiger partial charge on any atom is 0.239 e. The van der Waals surface area contributed by atoms with Gasteiger partial charge in [0, 0.05) is 57.0 Å². The number of aromatic nitrogens is 1. The number of carbonyl (C=O) groups excluding carboxylic acids is 1. The number of nitrogens with one attached hydrogen (secondary N) is 1. The van der Waals surface area contributed by atoms with Crippen LogP contribution in [0.3, 0.4) is 0 Å². The summed E-state index contributed by atoms with van der Waals surface area (Å²) in [4.78, 5) is 17.2. The van der Waals surface area contributed by atoms with Crippen LogP contribution >= 0.6 is 0 Å². The SMILES string of the molecule is O=C(Cn1ccc2ccccc21)NCC1CN2CCN1CC2. The van der Waals surface area contributed by atoms with Crippen molar-refractivity contribution in [1.29, 1.82) is 0 Å². The Labute approximate surface area is 130 Å². The van der Waals surface area contributed by atoms with Crippen LogP contribution in [0, 0.1) is 0 Å². The van der Waals surface area contributed by atoms with Crippen molar-refractivity contribution >= 4 is 16.8 Å². The molecule has 1 unspecified atom stereocenters. The highest BCUT2D eigenvalue weighted by Gasteiger charge is 2.31. The second kappa shape index (κ2) is 5.74. The van der Waals surface area contributed by atoms with E-state index in [4.69, 9.17) is 0 Å². The molecule has 5 nitrogen and oxygen atoms in total. The Morgan fingerprint density at radius 3 is 2.73 bits per heavy atom. The lowest BCUT2D eigenvalue weighted by Gasteiger charge is -2.47. The standard InChI is InChI=1S/C17H22N4O/c22-17(13-21-6-5-14-3-1-2-4-16(14)21)18-11-15-12-19-7-9-20(15)10-8-19/h1-6,15H,7-13H2,(H,18,22). The lowest BCUT2D eigenvalue weighted by atomic mass is 10.1. The highest BCUT2D eigenvalue weighted by atomic mass is 16.1. The topological polar surface area (TPSA) is 40.5 Å². The highest BCUT2D eigenvalue weighted by molar-refractivity contribution is 5.83. The highest BCUT2D eigenvalue weighted by Crippen LogP contribution is 2.16. The molecule has 2 aromatic rings. The Kier molecular flexibility index (Phi) is 3.60. The van der Waals surface area contributed by atoms with Crippen molar-refractivity contribution in [3.63, 3.8) is 0 Å². The van der Waals surface area contributed by atoms with E-state index in [-0.39, 0.29) is 5.91 Å². The number of amides is 1. The summed E-state index contributed by atoms with van der Waals surface area (Å²) >= 11 is 0. The summed E-state index contributed by atoms with van der Waals surface area (Å²) < 4.78 is 2.02. The molecule has 0 saturated carbocycles. The Balaban J connectivity index is 1.35. The number of rotatable bonds is 4. The molecule has 5 rings (SSSR count). The van der Waals surface area contributed by atoms with Gasteiger partial charge < -0.3 is 9.88 Å². The molecule has 3 aliphatic heterocycles. The number of nitrogens with zero attached hydrogens (tertiary/aromatic N) is 3. The van der Waals surface area contributed by atoms with Crippen LogP contribution in [0.25, 0.3) is 10.9 Å². The van der Waals surface area contributed by atoms with Crippen molar-refractivity contribution in [2.45, 2.75) is 12.6 Å². The predicted octanol–water partition coefficient (Wildman–Crippen LogP) is 0.757. The van der Waals surface area contributed by atoms with Crippen molar-refractivity contribution in [3.05, 3.63) is 36.5 Å². The molecule has 3 fully saturated rings. The van der Waals surface area contributed by atoms with Crippen LogP contribution < -0.4 is 5.32 Å². The molecule has 1 aromatic carbocycles. The van der Waals surface area contributed by atoms with E-state index in [9.17, 15) is 4.79 Å². The van der Waals surface area contributed by atoms with Crippen LogP contribution in [0.1, 0.15) is 0 Å². The van der Waals surface area contributed by atoms with Crippen molar-refractivity contribution in [2.24, 2.45) is 0 Å². The Bertz CT molecular complexity index is 672. The number of para-hydroxylation sites is 1. The molecule has 0 spiro atoms. The third-order valence-electron chi connectivity index (χ3n) is 4.92. The number of hydrogen-bond acceptors (Lipinski definition) is 3. The summed E-state index contributed by atoms with van der Waals surface area (Å²) in [5.74, 6) is 0.0963. The van der Waals surface area contributed by atoms with Gasteiger partial charge in [-0.3, -0.25) is 14.6 Å². The summed E-state index contributed by atoms with van der Waals surface area (Å²) in [5, 5.41) is 4.29. The first-order valence-electron chi connectivity index (χ1n) is 8.06. The van der Waals surface area contributed by atoms with Gasteiger partial charge in [0.2, 0.25) is 5.91 Å². The van der Waals surface area contributed by atoms with Gasteiger partial charge in [0.05, 0.1) is 0 Å². The lowest BCUT2D eigenvalue weighted by Crippen LogP contribution is -2.63. The zero-order valence-electron chi connectivity index (χ0n) is 12.7. The lowest BCUT2D eigenvalue weighted by molar-refractivity contribution is -0.122. The molecule has 116 valence electrons. The summed E-state index contributed by atoms with van der Waals surface area (Å²) in [7, 11) is 0. The quantitative estimate of drug-likeness (QED) is 0.906. The Hall–Kier alpha value is -1.85.